The largest absolute Gasteiger partial charge is 0.496 e. The first-order valence-corrected chi connectivity index (χ1v) is 6.75. The van der Waals surface area contributed by atoms with E-state index >= 15 is 0 Å². The Kier molecular flexibility index (Phi) is 5.27. The third-order valence-corrected chi connectivity index (χ3v) is 3.26. The van der Waals surface area contributed by atoms with Crippen LogP contribution >= 0.6 is 11.6 Å². The molecule has 4 heteroatoms. The molecule has 0 saturated heterocycles. The maximum Gasteiger partial charge on any atom is 0.123 e. The number of anilines is 1. The maximum atomic E-state index is 6.03. The number of benzene rings is 2. The van der Waals surface area contributed by atoms with Crippen LogP contribution in [0.1, 0.15) is 11.1 Å². The number of ether oxygens (including phenoxy) is 2. The van der Waals surface area contributed by atoms with E-state index in [2.05, 4.69) is 5.32 Å². The van der Waals surface area contributed by atoms with Crippen LogP contribution in [0.5, 0.6) is 5.75 Å². The summed E-state index contributed by atoms with van der Waals surface area (Å²) in [4.78, 5) is 0. The lowest BCUT2D eigenvalue weighted by atomic mass is 10.1. The molecule has 1 N–H and O–H groups in total. The van der Waals surface area contributed by atoms with Crippen molar-refractivity contribution < 1.29 is 9.47 Å². The Hall–Kier alpha value is -1.71. The molecule has 2 aromatic carbocycles. The van der Waals surface area contributed by atoms with Gasteiger partial charge in [0.2, 0.25) is 0 Å². The Bertz CT molecular complexity index is 572. The highest BCUT2D eigenvalue weighted by atomic mass is 35.5. The van der Waals surface area contributed by atoms with Gasteiger partial charge in [0.15, 0.2) is 0 Å². The summed E-state index contributed by atoms with van der Waals surface area (Å²) in [5.41, 5.74) is 3.19. The van der Waals surface area contributed by atoms with Crippen molar-refractivity contribution in [3.63, 3.8) is 0 Å². The first-order chi connectivity index (χ1) is 9.74. The van der Waals surface area contributed by atoms with Crippen molar-refractivity contribution in [1.82, 2.24) is 0 Å². The number of halogens is 1. The molecule has 0 radical (unpaired) electrons. The molecule has 0 aliphatic carbocycles. The van der Waals surface area contributed by atoms with Crippen molar-refractivity contribution in [2.45, 2.75) is 13.2 Å². The van der Waals surface area contributed by atoms with Crippen molar-refractivity contribution in [3.05, 3.63) is 58.6 Å². The predicted molar refractivity (Wildman–Crippen MR) is 82.5 cm³/mol. The van der Waals surface area contributed by atoms with Crippen LogP contribution in [0.15, 0.2) is 42.5 Å². The van der Waals surface area contributed by atoms with Crippen molar-refractivity contribution >= 4 is 17.3 Å². The van der Waals surface area contributed by atoms with Crippen LogP contribution in [0.2, 0.25) is 5.02 Å². The van der Waals surface area contributed by atoms with Crippen LogP contribution in [-0.4, -0.2) is 14.2 Å². The fraction of sp³-hybridized carbons (Fsp3) is 0.250. The highest BCUT2D eigenvalue weighted by Crippen LogP contribution is 2.24. The van der Waals surface area contributed by atoms with Gasteiger partial charge >= 0.3 is 0 Å². The molecule has 0 atom stereocenters. The van der Waals surface area contributed by atoms with Gasteiger partial charge in [0.25, 0.3) is 0 Å². The summed E-state index contributed by atoms with van der Waals surface area (Å²) in [6.07, 6.45) is 0. The Morgan fingerprint density at radius 3 is 2.60 bits per heavy atom. The first kappa shape index (κ1) is 14.7. The van der Waals surface area contributed by atoms with Crippen LogP contribution in [-0.2, 0) is 17.9 Å². The Labute approximate surface area is 124 Å². The molecule has 2 rings (SSSR count). The van der Waals surface area contributed by atoms with Crippen molar-refractivity contribution in [1.29, 1.82) is 0 Å². The van der Waals surface area contributed by atoms with Gasteiger partial charge in [-0.25, -0.2) is 0 Å². The third kappa shape index (κ3) is 3.65. The van der Waals surface area contributed by atoms with E-state index in [9.17, 15) is 0 Å². The second-order valence-corrected chi connectivity index (χ2v) is 4.84. The second kappa shape index (κ2) is 7.17. The van der Waals surface area contributed by atoms with Gasteiger partial charge in [-0.3, -0.25) is 0 Å². The minimum atomic E-state index is 0.579. The fourth-order valence-corrected chi connectivity index (χ4v) is 2.24. The zero-order chi connectivity index (χ0) is 14.4. The van der Waals surface area contributed by atoms with Gasteiger partial charge in [0.05, 0.1) is 13.7 Å². The molecule has 106 valence electrons. The number of hydrogen-bond donors (Lipinski definition) is 1. The Balaban J connectivity index is 2.14. The lowest BCUT2D eigenvalue weighted by Crippen LogP contribution is -2.04. The first-order valence-electron chi connectivity index (χ1n) is 6.37. The zero-order valence-corrected chi connectivity index (χ0v) is 12.4. The lowest BCUT2D eigenvalue weighted by Gasteiger charge is -2.14. The molecule has 0 bridgehead atoms. The van der Waals surface area contributed by atoms with E-state index in [0.29, 0.717) is 18.2 Å². The summed E-state index contributed by atoms with van der Waals surface area (Å²) >= 11 is 6.03. The number of nitrogens with one attached hydrogen (secondary N) is 1. The number of para-hydroxylation sites is 1. The van der Waals surface area contributed by atoms with Crippen LogP contribution < -0.4 is 10.1 Å². The summed E-state index contributed by atoms with van der Waals surface area (Å²) in [5.74, 6) is 0.825. The Morgan fingerprint density at radius 1 is 1.05 bits per heavy atom. The molecule has 0 fully saturated rings. The smallest absolute Gasteiger partial charge is 0.123 e. The average molecular weight is 292 g/mol. The third-order valence-electron chi connectivity index (χ3n) is 3.03. The van der Waals surface area contributed by atoms with Crippen LogP contribution in [0.4, 0.5) is 5.69 Å². The summed E-state index contributed by atoms with van der Waals surface area (Å²) in [7, 11) is 3.35. The van der Waals surface area contributed by atoms with Gasteiger partial charge < -0.3 is 14.8 Å². The maximum absolute atomic E-state index is 6.03. The lowest BCUT2D eigenvalue weighted by molar-refractivity contribution is 0.185. The topological polar surface area (TPSA) is 30.5 Å². The predicted octanol–water partition coefficient (Wildman–Crippen LogP) is 4.11. The monoisotopic (exact) mass is 291 g/mol. The number of methoxy groups -OCH3 is 2. The molecule has 0 saturated carbocycles. The van der Waals surface area contributed by atoms with Gasteiger partial charge in [-0.05, 0) is 24.3 Å². The van der Waals surface area contributed by atoms with E-state index in [4.69, 9.17) is 21.1 Å². The summed E-state index contributed by atoms with van der Waals surface area (Å²) in [6, 6.07) is 13.7. The van der Waals surface area contributed by atoms with Gasteiger partial charge in [0.1, 0.15) is 5.75 Å². The Morgan fingerprint density at radius 2 is 1.85 bits per heavy atom. The average Bonchev–Trinajstić information content (AvgIpc) is 2.47. The van der Waals surface area contributed by atoms with E-state index in [1.54, 1.807) is 14.2 Å². The van der Waals surface area contributed by atoms with Crippen LogP contribution in [0, 0.1) is 0 Å². The van der Waals surface area contributed by atoms with Crippen molar-refractivity contribution in [2.75, 3.05) is 19.5 Å². The van der Waals surface area contributed by atoms with E-state index in [-0.39, 0.29) is 0 Å². The minimum Gasteiger partial charge on any atom is -0.496 e. The quantitative estimate of drug-likeness (QED) is 0.869. The summed E-state index contributed by atoms with van der Waals surface area (Å²) in [5, 5.41) is 4.10. The standard InChI is InChI=1S/C16H18ClNO2/c1-19-11-12-5-3-4-6-15(12)18-10-13-9-14(17)7-8-16(13)20-2/h3-9,18H,10-11H2,1-2H3. The summed E-state index contributed by atoms with van der Waals surface area (Å²) in [6.45, 7) is 1.22. The molecule has 0 heterocycles. The number of hydrogen-bond acceptors (Lipinski definition) is 3. The normalized spacial score (nSPS) is 10.3. The highest BCUT2D eigenvalue weighted by molar-refractivity contribution is 6.30. The molecule has 0 aromatic heterocycles. The molecule has 2 aromatic rings. The van der Waals surface area contributed by atoms with Gasteiger partial charge in [-0.2, -0.15) is 0 Å². The molecular weight excluding hydrogens is 274 g/mol. The molecular formula is C16H18ClNO2. The second-order valence-electron chi connectivity index (χ2n) is 4.40. The zero-order valence-electron chi connectivity index (χ0n) is 11.7. The van der Waals surface area contributed by atoms with E-state index in [1.807, 2.05) is 42.5 Å². The van der Waals surface area contributed by atoms with Crippen molar-refractivity contribution in [2.24, 2.45) is 0 Å². The molecule has 0 amide bonds. The summed E-state index contributed by atoms with van der Waals surface area (Å²) < 4.78 is 10.5. The molecule has 0 spiro atoms. The number of rotatable bonds is 6. The van der Waals surface area contributed by atoms with Gasteiger partial charge in [-0.1, -0.05) is 29.8 Å². The van der Waals surface area contributed by atoms with E-state index in [1.165, 1.54) is 0 Å². The van der Waals surface area contributed by atoms with Gasteiger partial charge in [0, 0.05) is 35.5 Å². The van der Waals surface area contributed by atoms with Crippen molar-refractivity contribution in [3.8, 4) is 5.75 Å². The molecule has 0 aliphatic heterocycles. The van der Waals surface area contributed by atoms with E-state index in [0.717, 1.165) is 22.6 Å². The highest BCUT2D eigenvalue weighted by Gasteiger charge is 2.06. The van der Waals surface area contributed by atoms with Crippen LogP contribution in [0.25, 0.3) is 0 Å². The van der Waals surface area contributed by atoms with E-state index < -0.39 is 0 Å². The van der Waals surface area contributed by atoms with Crippen LogP contribution in [0.3, 0.4) is 0 Å². The SMILES string of the molecule is COCc1ccccc1NCc1cc(Cl)ccc1OC. The minimum absolute atomic E-state index is 0.579. The molecule has 0 unspecified atom stereocenters. The fourth-order valence-electron chi connectivity index (χ4n) is 2.05. The van der Waals surface area contributed by atoms with Gasteiger partial charge in [-0.15, -0.1) is 0 Å². The molecule has 0 aliphatic rings. The molecule has 20 heavy (non-hydrogen) atoms. The molecule has 3 nitrogen and oxygen atoms in total.